The molecule has 1 N–H and O–H groups in total. The van der Waals surface area contributed by atoms with Crippen LogP contribution in [0.2, 0.25) is 0 Å². The number of hydrogen-bond donors (Lipinski definition) is 1. The van der Waals surface area contributed by atoms with Crippen molar-refractivity contribution in [3.05, 3.63) is 34.1 Å². The smallest absolute Gasteiger partial charge is 0.231 e. The van der Waals surface area contributed by atoms with Gasteiger partial charge in [0.05, 0.1) is 15.9 Å². The number of nitrogens with zero attached hydrogens (tertiary/aromatic N) is 2. The van der Waals surface area contributed by atoms with Gasteiger partial charge in [0.25, 0.3) is 0 Å². The van der Waals surface area contributed by atoms with Crippen LogP contribution < -0.4 is 14.8 Å². The van der Waals surface area contributed by atoms with Crippen molar-refractivity contribution in [2.45, 2.75) is 19.9 Å². The molecule has 6 heteroatoms. The van der Waals surface area contributed by atoms with Crippen molar-refractivity contribution >= 4 is 21.6 Å². The highest BCUT2D eigenvalue weighted by atomic mass is 79.9. The maximum Gasteiger partial charge on any atom is 0.231 e. The molecule has 0 unspecified atom stereocenters. The van der Waals surface area contributed by atoms with Gasteiger partial charge in [0.2, 0.25) is 6.79 Å². The Morgan fingerprint density at radius 3 is 3.05 bits per heavy atom. The lowest BCUT2D eigenvalue weighted by Crippen LogP contribution is -2.01. The third kappa shape index (κ3) is 2.47. The molecule has 0 saturated carbocycles. The molecule has 2 heterocycles. The van der Waals surface area contributed by atoms with Crippen molar-refractivity contribution in [2.75, 3.05) is 12.1 Å². The lowest BCUT2D eigenvalue weighted by Gasteiger charge is -2.08. The van der Waals surface area contributed by atoms with E-state index in [-0.39, 0.29) is 6.79 Å². The fraction of sp³-hybridized carbons (Fsp3) is 0.357. The van der Waals surface area contributed by atoms with E-state index >= 15 is 0 Å². The zero-order chi connectivity index (χ0) is 14.1. The van der Waals surface area contributed by atoms with Crippen molar-refractivity contribution in [1.82, 2.24) is 9.78 Å². The number of ether oxygens (including phenoxy) is 2. The predicted octanol–water partition coefficient (Wildman–Crippen LogP) is 3.09. The van der Waals surface area contributed by atoms with Crippen LogP contribution in [-0.2, 0) is 20.0 Å². The second-order valence-electron chi connectivity index (χ2n) is 4.68. The minimum Gasteiger partial charge on any atom is -0.454 e. The van der Waals surface area contributed by atoms with E-state index in [1.807, 2.05) is 30.1 Å². The summed E-state index contributed by atoms with van der Waals surface area (Å²) in [4.78, 5) is 0. The fourth-order valence-corrected chi connectivity index (χ4v) is 2.87. The second kappa shape index (κ2) is 5.36. The zero-order valence-electron chi connectivity index (χ0n) is 11.4. The quantitative estimate of drug-likeness (QED) is 0.931. The molecule has 1 aliphatic rings. The Morgan fingerprint density at radius 1 is 1.40 bits per heavy atom. The van der Waals surface area contributed by atoms with E-state index in [1.54, 1.807) is 0 Å². The predicted molar refractivity (Wildman–Crippen MR) is 80.2 cm³/mol. The molecule has 0 atom stereocenters. The Kier molecular flexibility index (Phi) is 3.56. The van der Waals surface area contributed by atoms with Crippen LogP contribution in [0, 0.1) is 0 Å². The SMILES string of the molecule is CCc1nn(C)cc1NCc1cc(Br)c2c(c1)OCO2. The van der Waals surface area contributed by atoms with Gasteiger partial charge in [-0.1, -0.05) is 6.92 Å². The normalized spacial score (nSPS) is 12.8. The van der Waals surface area contributed by atoms with Gasteiger partial charge < -0.3 is 14.8 Å². The van der Waals surface area contributed by atoms with Gasteiger partial charge in [-0.25, -0.2) is 0 Å². The first-order chi connectivity index (χ1) is 9.67. The summed E-state index contributed by atoms with van der Waals surface area (Å²) >= 11 is 3.51. The van der Waals surface area contributed by atoms with Crippen molar-refractivity contribution < 1.29 is 9.47 Å². The molecule has 3 rings (SSSR count). The zero-order valence-corrected chi connectivity index (χ0v) is 13.0. The number of fused-ring (bicyclic) bond motifs is 1. The minimum absolute atomic E-state index is 0.285. The minimum atomic E-state index is 0.285. The number of aromatic nitrogens is 2. The van der Waals surface area contributed by atoms with Crippen molar-refractivity contribution in [3.8, 4) is 11.5 Å². The van der Waals surface area contributed by atoms with Gasteiger partial charge in [-0.15, -0.1) is 0 Å². The van der Waals surface area contributed by atoms with Crippen LogP contribution in [0.5, 0.6) is 11.5 Å². The molecule has 2 aromatic rings. The molecule has 106 valence electrons. The van der Waals surface area contributed by atoms with Gasteiger partial charge >= 0.3 is 0 Å². The second-order valence-corrected chi connectivity index (χ2v) is 5.54. The highest BCUT2D eigenvalue weighted by molar-refractivity contribution is 9.10. The van der Waals surface area contributed by atoms with Crippen LogP contribution in [0.15, 0.2) is 22.8 Å². The van der Waals surface area contributed by atoms with E-state index in [1.165, 1.54) is 0 Å². The maximum absolute atomic E-state index is 5.42. The molecule has 5 nitrogen and oxygen atoms in total. The summed E-state index contributed by atoms with van der Waals surface area (Å²) in [5.74, 6) is 1.57. The number of benzene rings is 1. The van der Waals surface area contributed by atoms with Crippen LogP contribution in [0.25, 0.3) is 0 Å². The first kappa shape index (κ1) is 13.3. The Bertz CT molecular complexity index is 640. The Morgan fingerprint density at radius 2 is 2.25 bits per heavy atom. The number of halogens is 1. The standard InChI is InChI=1S/C14H16BrN3O2/c1-3-11-12(7-18(2)17-11)16-6-9-4-10(15)14-13(5-9)19-8-20-14/h4-5,7,16H,3,6,8H2,1-2H3. The molecule has 1 aliphatic heterocycles. The molecule has 0 amide bonds. The van der Waals surface area contributed by atoms with Crippen LogP contribution in [0.1, 0.15) is 18.2 Å². The fourth-order valence-electron chi connectivity index (χ4n) is 2.26. The van der Waals surface area contributed by atoms with E-state index in [4.69, 9.17) is 9.47 Å². The summed E-state index contributed by atoms with van der Waals surface area (Å²) in [5, 5.41) is 7.84. The highest BCUT2D eigenvalue weighted by Crippen LogP contribution is 2.40. The number of hydrogen-bond acceptors (Lipinski definition) is 4. The van der Waals surface area contributed by atoms with Gasteiger partial charge in [-0.3, -0.25) is 4.68 Å². The van der Waals surface area contributed by atoms with E-state index < -0.39 is 0 Å². The number of nitrogens with one attached hydrogen (secondary N) is 1. The summed E-state index contributed by atoms with van der Waals surface area (Å²) in [7, 11) is 1.93. The maximum atomic E-state index is 5.42. The first-order valence-corrected chi connectivity index (χ1v) is 7.31. The van der Waals surface area contributed by atoms with Crippen molar-refractivity contribution in [2.24, 2.45) is 7.05 Å². The summed E-state index contributed by atoms with van der Waals surface area (Å²) in [6, 6.07) is 4.05. The summed E-state index contributed by atoms with van der Waals surface area (Å²) < 4.78 is 13.6. The first-order valence-electron chi connectivity index (χ1n) is 6.51. The number of rotatable bonds is 4. The number of aryl methyl sites for hydroxylation is 2. The van der Waals surface area contributed by atoms with Crippen LogP contribution >= 0.6 is 15.9 Å². The van der Waals surface area contributed by atoms with Gasteiger partial charge in [0.15, 0.2) is 11.5 Å². The van der Waals surface area contributed by atoms with Crippen LogP contribution in [0.3, 0.4) is 0 Å². The lowest BCUT2D eigenvalue weighted by molar-refractivity contribution is 0.173. The molecule has 0 aliphatic carbocycles. The average molecular weight is 338 g/mol. The summed E-state index contributed by atoms with van der Waals surface area (Å²) in [5.41, 5.74) is 3.28. The average Bonchev–Trinajstić information content (AvgIpc) is 3.02. The van der Waals surface area contributed by atoms with Gasteiger partial charge in [-0.05, 0) is 40.0 Å². The third-order valence-electron chi connectivity index (χ3n) is 3.21. The molecular weight excluding hydrogens is 322 g/mol. The van der Waals surface area contributed by atoms with Gasteiger partial charge in [-0.2, -0.15) is 5.10 Å². The molecule has 0 bridgehead atoms. The van der Waals surface area contributed by atoms with Crippen LogP contribution in [0.4, 0.5) is 5.69 Å². The third-order valence-corrected chi connectivity index (χ3v) is 3.80. The van der Waals surface area contributed by atoms with Gasteiger partial charge in [0.1, 0.15) is 0 Å². The Labute approximate surface area is 126 Å². The topological polar surface area (TPSA) is 48.3 Å². The van der Waals surface area contributed by atoms with Gasteiger partial charge in [0, 0.05) is 19.8 Å². The van der Waals surface area contributed by atoms with Crippen molar-refractivity contribution in [3.63, 3.8) is 0 Å². The molecule has 0 fully saturated rings. The monoisotopic (exact) mass is 337 g/mol. The van der Waals surface area contributed by atoms with Crippen molar-refractivity contribution in [1.29, 1.82) is 0 Å². The molecule has 0 spiro atoms. The van der Waals surface area contributed by atoms with E-state index in [2.05, 4.69) is 33.3 Å². The summed E-state index contributed by atoms with van der Waals surface area (Å²) in [6.07, 6.45) is 2.91. The molecular formula is C14H16BrN3O2. The number of anilines is 1. The molecule has 0 radical (unpaired) electrons. The van der Waals surface area contributed by atoms with E-state index in [9.17, 15) is 0 Å². The largest absolute Gasteiger partial charge is 0.454 e. The molecule has 1 aromatic heterocycles. The Balaban J connectivity index is 1.77. The van der Waals surface area contributed by atoms with E-state index in [0.29, 0.717) is 6.54 Å². The highest BCUT2D eigenvalue weighted by Gasteiger charge is 2.18. The lowest BCUT2D eigenvalue weighted by atomic mass is 10.2. The van der Waals surface area contributed by atoms with Crippen LogP contribution in [-0.4, -0.2) is 16.6 Å². The van der Waals surface area contributed by atoms with E-state index in [0.717, 1.165) is 39.3 Å². The molecule has 0 saturated heterocycles. The molecule has 1 aromatic carbocycles. The Hall–Kier alpha value is -1.69. The molecule has 20 heavy (non-hydrogen) atoms. The summed E-state index contributed by atoms with van der Waals surface area (Å²) in [6.45, 7) is 3.10.